The van der Waals surface area contributed by atoms with Crippen LogP contribution in [0.1, 0.15) is 34.5 Å². The number of aromatic nitrogens is 4. The van der Waals surface area contributed by atoms with Gasteiger partial charge < -0.3 is 10.1 Å². The number of amides is 1. The van der Waals surface area contributed by atoms with Gasteiger partial charge in [-0.1, -0.05) is 0 Å². The van der Waals surface area contributed by atoms with Gasteiger partial charge in [0.05, 0.1) is 18.4 Å². The highest BCUT2D eigenvalue weighted by Gasteiger charge is 2.23. The van der Waals surface area contributed by atoms with E-state index >= 15 is 0 Å². The van der Waals surface area contributed by atoms with Gasteiger partial charge in [-0.3, -0.25) is 14.4 Å². The third-order valence-electron chi connectivity index (χ3n) is 6.03. The fourth-order valence-electron chi connectivity index (χ4n) is 4.22. The predicted octanol–water partition coefficient (Wildman–Crippen LogP) is 2.70. The number of ether oxygens (including phenoxy) is 1. The first-order valence-electron chi connectivity index (χ1n) is 11.0. The quantitative estimate of drug-likeness (QED) is 0.615. The van der Waals surface area contributed by atoms with Crippen LogP contribution in [0, 0.1) is 5.92 Å². The van der Waals surface area contributed by atoms with Gasteiger partial charge >= 0.3 is 0 Å². The van der Waals surface area contributed by atoms with Crippen molar-refractivity contribution in [2.75, 3.05) is 27.2 Å². The number of hydrogen-bond acceptors (Lipinski definition) is 6. The van der Waals surface area contributed by atoms with Gasteiger partial charge in [0.25, 0.3) is 5.91 Å². The molecular weight excluding hydrogens is 404 g/mol. The molecule has 1 aliphatic rings. The highest BCUT2D eigenvalue weighted by atomic mass is 16.5. The molecule has 0 saturated carbocycles. The predicted molar refractivity (Wildman–Crippen MR) is 122 cm³/mol. The van der Waals surface area contributed by atoms with Crippen molar-refractivity contribution in [3.05, 3.63) is 59.7 Å². The van der Waals surface area contributed by atoms with E-state index in [0.717, 1.165) is 67.3 Å². The van der Waals surface area contributed by atoms with Crippen LogP contribution in [0.15, 0.2) is 42.9 Å². The monoisotopic (exact) mass is 434 g/mol. The topological polar surface area (TPSA) is 85.2 Å². The Labute approximate surface area is 188 Å². The summed E-state index contributed by atoms with van der Waals surface area (Å²) in [6, 6.07) is 7.77. The minimum Gasteiger partial charge on any atom is -0.497 e. The molecule has 8 nitrogen and oxygen atoms in total. The Hall–Kier alpha value is -3.26. The van der Waals surface area contributed by atoms with Crippen molar-refractivity contribution in [1.82, 2.24) is 30.0 Å². The summed E-state index contributed by atoms with van der Waals surface area (Å²) in [5.41, 5.74) is 3.68. The summed E-state index contributed by atoms with van der Waals surface area (Å²) in [7, 11) is 5.18. The molecular formula is C24H30N6O2. The highest BCUT2D eigenvalue weighted by Crippen LogP contribution is 2.24. The molecule has 8 heteroatoms. The van der Waals surface area contributed by atoms with E-state index in [1.807, 2.05) is 43.7 Å². The van der Waals surface area contributed by atoms with Gasteiger partial charge in [0.1, 0.15) is 5.75 Å². The third-order valence-corrected chi connectivity index (χ3v) is 6.03. The summed E-state index contributed by atoms with van der Waals surface area (Å²) in [6.45, 7) is 2.89. The minimum atomic E-state index is -0.0661. The maximum absolute atomic E-state index is 12.1. The average molecular weight is 435 g/mol. The molecule has 2 aromatic heterocycles. The normalized spacial score (nSPS) is 15.0. The summed E-state index contributed by atoms with van der Waals surface area (Å²) in [6.07, 6.45) is 8.67. The number of aryl methyl sites for hydroxylation is 1. The fraction of sp³-hybridized carbons (Fsp3) is 0.417. The van der Waals surface area contributed by atoms with E-state index < -0.39 is 0 Å². The zero-order valence-electron chi connectivity index (χ0n) is 18.9. The molecule has 0 aliphatic carbocycles. The Morgan fingerprint density at radius 1 is 1.16 bits per heavy atom. The second kappa shape index (κ2) is 9.91. The molecule has 1 fully saturated rings. The second-order valence-corrected chi connectivity index (χ2v) is 8.31. The third kappa shape index (κ3) is 5.13. The number of nitrogens with zero attached hydrogens (tertiary/aromatic N) is 5. The Morgan fingerprint density at radius 3 is 2.47 bits per heavy atom. The van der Waals surface area contributed by atoms with Gasteiger partial charge in [0, 0.05) is 50.4 Å². The first-order chi connectivity index (χ1) is 15.6. The number of likely N-dealkylation sites (tertiary alicyclic amines) is 1. The molecule has 3 aromatic rings. The Bertz CT molecular complexity index is 1040. The lowest BCUT2D eigenvalue weighted by Crippen LogP contribution is -2.34. The van der Waals surface area contributed by atoms with E-state index in [1.54, 1.807) is 25.0 Å². The molecule has 0 radical (unpaired) electrons. The smallest absolute Gasteiger partial charge is 0.254 e. The maximum atomic E-state index is 12.1. The van der Waals surface area contributed by atoms with Gasteiger partial charge in [-0.15, -0.1) is 0 Å². The number of nitrogens with one attached hydrogen (secondary N) is 1. The molecule has 1 amide bonds. The van der Waals surface area contributed by atoms with E-state index in [1.165, 1.54) is 0 Å². The first-order valence-corrected chi connectivity index (χ1v) is 11.0. The van der Waals surface area contributed by atoms with Crippen molar-refractivity contribution in [3.63, 3.8) is 0 Å². The van der Waals surface area contributed by atoms with Crippen molar-refractivity contribution in [3.8, 4) is 17.1 Å². The Kier molecular flexibility index (Phi) is 6.80. The van der Waals surface area contributed by atoms with Crippen LogP contribution in [0.5, 0.6) is 5.75 Å². The summed E-state index contributed by atoms with van der Waals surface area (Å²) in [5.74, 6) is 2.01. The number of piperidine rings is 1. The maximum Gasteiger partial charge on any atom is 0.254 e. The van der Waals surface area contributed by atoms with Crippen molar-refractivity contribution in [2.45, 2.75) is 25.8 Å². The molecule has 4 rings (SSSR count). The first kappa shape index (κ1) is 22.0. The van der Waals surface area contributed by atoms with Crippen LogP contribution in [-0.2, 0) is 20.0 Å². The molecule has 1 saturated heterocycles. The van der Waals surface area contributed by atoms with Crippen LogP contribution in [0.25, 0.3) is 11.4 Å². The van der Waals surface area contributed by atoms with E-state index in [0.29, 0.717) is 11.5 Å². The van der Waals surface area contributed by atoms with E-state index in [4.69, 9.17) is 4.74 Å². The second-order valence-electron chi connectivity index (χ2n) is 8.31. The SMILES string of the molecule is CNC(=O)c1cn(C)nc1CC1CCN(Cc2cnc(-c3ccc(OC)cc3)nc2)CC1. The van der Waals surface area contributed by atoms with Gasteiger partial charge in [-0.05, 0) is 62.5 Å². The molecule has 3 heterocycles. The number of benzene rings is 1. The molecule has 0 unspecified atom stereocenters. The van der Waals surface area contributed by atoms with Gasteiger partial charge in [-0.2, -0.15) is 5.10 Å². The summed E-state index contributed by atoms with van der Waals surface area (Å²) >= 11 is 0. The van der Waals surface area contributed by atoms with E-state index in [2.05, 4.69) is 25.3 Å². The van der Waals surface area contributed by atoms with Gasteiger partial charge in [0.2, 0.25) is 0 Å². The molecule has 1 N–H and O–H groups in total. The molecule has 32 heavy (non-hydrogen) atoms. The van der Waals surface area contributed by atoms with Crippen LogP contribution in [0.2, 0.25) is 0 Å². The van der Waals surface area contributed by atoms with Crippen molar-refractivity contribution in [2.24, 2.45) is 13.0 Å². The fourth-order valence-corrected chi connectivity index (χ4v) is 4.22. The highest BCUT2D eigenvalue weighted by molar-refractivity contribution is 5.94. The molecule has 1 aromatic carbocycles. The summed E-state index contributed by atoms with van der Waals surface area (Å²) in [4.78, 5) is 23.6. The largest absolute Gasteiger partial charge is 0.497 e. The lowest BCUT2D eigenvalue weighted by molar-refractivity contribution is 0.0961. The lowest BCUT2D eigenvalue weighted by Gasteiger charge is -2.31. The molecule has 0 spiro atoms. The zero-order valence-corrected chi connectivity index (χ0v) is 18.9. The Morgan fingerprint density at radius 2 is 1.84 bits per heavy atom. The summed E-state index contributed by atoms with van der Waals surface area (Å²) in [5, 5.41) is 7.23. The number of rotatable bonds is 7. The minimum absolute atomic E-state index is 0.0661. The number of carbonyl (C=O) groups is 1. The van der Waals surface area contributed by atoms with Crippen molar-refractivity contribution in [1.29, 1.82) is 0 Å². The number of methoxy groups -OCH3 is 1. The molecule has 168 valence electrons. The van der Waals surface area contributed by atoms with Crippen LogP contribution in [-0.4, -0.2) is 57.8 Å². The van der Waals surface area contributed by atoms with Crippen LogP contribution >= 0.6 is 0 Å². The van der Waals surface area contributed by atoms with Crippen LogP contribution in [0.4, 0.5) is 0 Å². The van der Waals surface area contributed by atoms with Gasteiger partial charge in [-0.25, -0.2) is 9.97 Å². The summed E-state index contributed by atoms with van der Waals surface area (Å²) < 4.78 is 6.93. The van der Waals surface area contributed by atoms with E-state index in [9.17, 15) is 4.79 Å². The van der Waals surface area contributed by atoms with Crippen LogP contribution < -0.4 is 10.1 Å². The van der Waals surface area contributed by atoms with Crippen molar-refractivity contribution < 1.29 is 9.53 Å². The standard InChI is InChI=1S/C24H30N6O2/c1-25-24(31)21-16-29(2)28-22(21)12-17-8-10-30(11-9-17)15-18-13-26-23(27-14-18)19-4-6-20(32-3)7-5-19/h4-7,13-14,16-17H,8-12,15H2,1-3H3,(H,25,31). The average Bonchev–Trinajstić information content (AvgIpc) is 3.20. The lowest BCUT2D eigenvalue weighted by atomic mass is 9.91. The molecule has 0 bridgehead atoms. The zero-order chi connectivity index (χ0) is 22.5. The number of carbonyl (C=O) groups excluding carboxylic acids is 1. The molecule has 0 atom stereocenters. The van der Waals surface area contributed by atoms with Crippen molar-refractivity contribution >= 4 is 5.91 Å². The van der Waals surface area contributed by atoms with Crippen LogP contribution in [0.3, 0.4) is 0 Å². The van der Waals surface area contributed by atoms with Gasteiger partial charge in [0.15, 0.2) is 5.82 Å². The van der Waals surface area contributed by atoms with E-state index in [-0.39, 0.29) is 5.91 Å². The number of hydrogen-bond donors (Lipinski definition) is 1. The molecule has 1 aliphatic heterocycles. The Balaban J connectivity index is 1.30.